The zero-order valence-corrected chi connectivity index (χ0v) is 11.7. The van der Waals surface area contributed by atoms with E-state index in [9.17, 15) is 0 Å². The molecule has 78 valence electrons. The lowest BCUT2D eigenvalue weighted by atomic mass is 10.3. The van der Waals surface area contributed by atoms with Crippen LogP contribution in [0.3, 0.4) is 0 Å². The first-order valence-electron chi connectivity index (χ1n) is 4.27. The highest BCUT2D eigenvalue weighted by Gasteiger charge is 1.92. The van der Waals surface area contributed by atoms with Crippen LogP contribution in [0.4, 0.5) is 0 Å². The lowest BCUT2D eigenvalue weighted by Gasteiger charge is -1.97. The largest absolute Gasteiger partial charge is 0.0845 e. The maximum atomic E-state index is 2.23. The summed E-state index contributed by atoms with van der Waals surface area (Å²) in [4.78, 5) is 0. The summed E-state index contributed by atoms with van der Waals surface area (Å²) in [5.74, 6) is 1.24. The van der Waals surface area contributed by atoms with Crippen LogP contribution >= 0.6 is 51.1 Å². The fourth-order valence-electron chi connectivity index (χ4n) is 0.744. The van der Waals surface area contributed by atoms with Crippen LogP contribution in [0.1, 0.15) is 12.8 Å². The van der Waals surface area contributed by atoms with Crippen molar-refractivity contribution in [1.82, 2.24) is 0 Å². The van der Waals surface area contributed by atoms with Gasteiger partial charge in [0.25, 0.3) is 0 Å². The summed E-state index contributed by atoms with van der Waals surface area (Å²) in [5.41, 5.74) is 0. The highest BCUT2D eigenvalue weighted by molar-refractivity contribution is 9.35. The Bertz CT molecular complexity index is 187. The number of allylic oxidation sites excluding steroid dienone is 5. The minimum Gasteiger partial charge on any atom is -0.0845 e. The average molecular weight is 281 g/mol. The van der Waals surface area contributed by atoms with Crippen molar-refractivity contribution >= 4 is 51.1 Å². The molecule has 0 bridgehead atoms. The molecule has 0 atom stereocenters. The Labute approximate surface area is 105 Å². The van der Waals surface area contributed by atoms with Gasteiger partial charge in [-0.2, -0.15) is 0 Å². The van der Waals surface area contributed by atoms with Gasteiger partial charge in [0.15, 0.2) is 0 Å². The van der Waals surface area contributed by atoms with E-state index in [1.54, 1.807) is 10.8 Å². The molecule has 5 heteroatoms. The van der Waals surface area contributed by atoms with Crippen molar-refractivity contribution in [2.45, 2.75) is 12.8 Å². The zero-order chi connectivity index (χ0) is 9.90. The Hall–Kier alpha value is 0.970. The quantitative estimate of drug-likeness (QED) is 0.518. The molecule has 0 aliphatic carbocycles. The molecule has 0 unspecified atom stereocenters. The minimum absolute atomic E-state index is 1.19. The van der Waals surface area contributed by atoms with Crippen LogP contribution in [0.2, 0.25) is 0 Å². The molecule has 0 radical (unpaired) electrons. The van der Waals surface area contributed by atoms with Crippen molar-refractivity contribution < 1.29 is 0 Å². The number of hydrogen-bond acceptors (Lipinski definition) is 5. The first-order valence-corrected chi connectivity index (χ1v) is 10.6. The van der Waals surface area contributed by atoms with Crippen molar-refractivity contribution in [2.24, 2.45) is 0 Å². The summed E-state index contributed by atoms with van der Waals surface area (Å²) < 4.78 is 0. The first-order chi connectivity index (χ1) is 7.00. The van der Waals surface area contributed by atoms with Crippen LogP contribution in [0, 0.1) is 0 Å². The van der Waals surface area contributed by atoms with Gasteiger partial charge < -0.3 is 0 Å². The minimum atomic E-state index is 1.19. The Morgan fingerprint density at radius 1 is 0.857 bits per heavy atom. The van der Waals surface area contributed by atoms with E-state index in [1.165, 1.54) is 18.6 Å². The lowest BCUT2D eigenvalue weighted by Crippen LogP contribution is -1.73. The fraction of sp³-hybridized carbons (Fsp3) is 0.333. The second-order valence-electron chi connectivity index (χ2n) is 2.41. The summed E-state index contributed by atoms with van der Waals surface area (Å²) in [6.07, 6.45) is 13.1. The topological polar surface area (TPSA) is 0 Å². The monoisotopic (exact) mass is 280 g/mol. The van der Waals surface area contributed by atoms with Gasteiger partial charge in [-0.05, 0) is 47.7 Å². The van der Waals surface area contributed by atoms with Crippen molar-refractivity contribution in [3.8, 4) is 0 Å². The van der Waals surface area contributed by atoms with Crippen LogP contribution < -0.4 is 0 Å². The summed E-state index contributed by atoms with van der Waals surface area (Å²) in [7, 11) is 9.26. The van der Waals surface area contributed by atoms with Gasteiger partial charge >= 0.3 is 0 Å². The normalized spacial score (nSPS) is 20.6. The SMILES string of the molecule is C1=CC=CSSSSSCCCC=C1. The van der Waals surface area contributed by atoms with E-state index in [0.717, 1.165) is 0 Å². The molecule has 0 saturated heterocycles. The highest BCUT2D eigenvalue weighted by Crippen LogP contribution is 2.48. The molecule has 1 rings (SSSR count). The molecule has 1 aliphatic heterocycles. The molecule has 0 spiro atoms. The maximum absolute atomic E-state index is 2.23. The third kappa shape index (κ3) is 8.29. The first kappa shape index (κ1) is 13.0. The molecule has 1 aliphatic rings. The second-order valence-corrected chi connectivity index (χ2v) is 10.1. The molecule has 1 heterocycles. The molecule has 14 heavy (non-hydrogen) atoms. The van der Waals surface area contributed by atoms with Crippen molar-refractivity contribution in [2.75, 3.05) is 5.75 Å². The van der Waals surface area contributed by atoms with Crippen LogP contribution in [0.5, 0.6) is 0 Å². The summed E-state index contributed by atoms with van der Waals surface area (Å²) in [5, 5.41) is 2.11. The Morgan fingerprint density at radius 3 is 2.79 bits per heavy atom. The van der Waals surface area contributed by atoms with Crippen molar-refractivity contribution in [3.63, 3.8) is 0 Å². The average Bonchev–Trinajstić information content (AvgIpc) is 2.22. The maximum Gasteiger partial charge on any atom is 0.00483 e. The number of rotatable bonds is 0. The van der Waals surface area contributed by atoms with E-state index < -0.39 is 0 Å². The molecule has 0 aromatic carbocycles. The molecule has 0 saturated carbocycles. The van der Waals surface area contributed by atoms with Gasteiger partial charge in [-0.3, -0.25) is 0 Å². The highest BCUT2D eigenvalue weighted by atomic mass is 33.8. The molecule has 0 aromatic heterocycles. The lowest BCUT2D eigenvalue weighted by molar-refractivity contribution is 0.975. The molecule has 0 aromatic rings. The van der Waals surface area contributed by atoms with Crippen LogP contribution in [-0.2, 0) is 0 Å². The smallest absolute Gasteiger partial charge is 0.00483 e. The van der Waals surface area contributed by atoms with E-state index in [4.69, 9.17) is 0 Å². The fourth-order valence-corrected chi connectivity index (χ4v) is 8.80. The van der Waals surface area contributed by atoms with E-state index in [2.05, 4.69) is 35.8 Å². The second kappa shape index (κ2) is 10.5. The summed E-state index contributed by atoms with van der Waals surface area (Å²) >= 11 is 0. The summed E-state index contributed by atoms with van der Waals surface area (Å²) in [6, 6.07) is 0. The van der Waals surface area contributed by atoms with E-state index in [-0.39, 0.29) is 0 Å². The van der Waals surface area contributed by atoms with E-state index in [0.29, 0.717) is 0 Å². The Morgan fingerprint density at radius 2 is 1.79 bits per heavy atom. The zero-order valence-electron chi connectivity index (χ0n) is 7.63. The van der Waals surface area contributed by atoms with Gasteiger partial charge in [0.2, 0.25) is 0 Å². The molecule has 0 nitrogen and oxygen atoms in total. The predicted octanol–water partition coefficient (Wildman–Crippen LogP) is 5.73. The van der Waals surface area contributed by atoms with Gasteiger partial charge in [0.05, 0.1) is 0 Å². The summed E-state index contributed by atoms with van der Waals surface area (Å²) in [6.45, 7) is 0. The van der Waals surface area contributed by atoms with Gasteiger partial charge in [-0.1, -0.05) is 52.0 Å². The van der Waals surface area contributed by atoms with E-state index >= 15 is 0 Å². The predicted molar refractivity (Wildman–Crippen MR) is 79.5 cm³/mol. The molecular weight excluding hydrogens is 268 g/mol. The molecule has 0 fully saturated rings. The molecule has 0 amide bonds. The standard InChI is InChI=1S/C9H12S5/c1-2-4-6-8-10-12-14-13-11-9-7-5-3-1/h1-4,6,8H,5,7,9H2. The van der Waals surface area contributed by atoms with Gasteiger partial charge in [-0.15, -0.1) is 0 Å². The van der Waals surface area contributed by atoms with Crippen molar-refractivity contribution in [1.29, 1.82) is 0 Å². The van der Waals surface area contributed by atoms with Gasteiger partial charge in [-0.25, -0.2) is 0 Å². The van der Waals surface area contributed by atoms with Crippen LogP contribution in [0.15, 0.2) is 35.8 Å². The van der Waals surface area contributed by atoms with Crippen LogP contribution in [0.25, 0.3) is 0 Å². The third-order valence-electron chi connectivity index (χ3n) is 1.34. The van der Waals surface area contributed by atoms with E-state index in [1.807, 2.05) is 40.3 Å². The molecule has 0 N–H and O–H groups in total. The van der Waals surface area contributed by atoms with Crippen molar-refractivity contribution in [3.05, 3.63) is 35.8 Å². The van der Waals surface area contributed by atoms with Crippen LogP contribution in [-0.4, -0.2) is 5.75 Å². The molecular formula is C9H12S5. The Balaban J connectivity index is 2.27. The van der Waals surface area contributed by atoms with Gasteiger partial charge in [0.1, 0.15) is 0 Å². The van der Waals surface area contributed by atoms with Gasteiger partial charge in [0, 0.05) is 5.75 Å². The number of hydrogen-bond donors (Lipinski definition) is 0. The third-order valence-corrected chi connectivity index (χ3v) is 9.62. The Kier molecular flexibility index (Phi) is 9.77.